The lowest BCUT2D eigenvalue weighted by Crippen LogP contribution is -2.52. The first-order valence-electron chi connectivity index (χ1n) is 9.09. The van der Waals surface area contributed by atoms with Gasteiger partial charge in [-0.1, -0.05) is 45.2 Å². The number of rotatable bonds is 6. The van der Waals surface area contributed by atoms with E-state index >= 15 is 0 Å². The highest BCUT2D eigenvalue weighted by Crippen LogP contribution is 2.36. The summed E-state index contributed by atoms with van der Waals surface area (Å²) in [5.41, 5.74) is 1.29. The molecule has 1 aliphatic heterocycles. The molecule has 2 aromatic rings. The van der Waals surface area contributed by atoms with E-state index in [1.165, 1.54) is 18.0 Å². The third kappa shape index (κ3) is 5.38. The summed E-state index contributed by atoms with van der Waals surface area (Å²) in [6.07, 6.45) is 1.47. The molecule has 0 aliphatic carbocycles. The average molecular weight is 544 g/mol. The lowest BCUT2D eigenvalue weighted by Gasteiger charge is -2.25. The molecule has 0 saturated carbocycles. The number of amides is 2. The Kier molecular flexibility index (Phi) is 7.59. The first-order chi connectivity index (χ1) is 14.7. The maximum Gasteiger partial charge on any atom is 0.265 e. The summed E-state index contributed by atoms with van der Waals surface area (Å²) in [5.74, 6) is -0.123. The molecular formula is C21H17BrCl2N2O4S. The van der Waals surface area contributed by atoms with Gasteiger partial charge < -0.3 is 9.47 Å². The molecule has 0 bridgehead atoms. The Labute approximate surface area is 203 Å². The normalized spacial score (nSPS) is 15.3. The van der Waals surface area contributed by atoms with Crippen molar-refractivity contribution in [3.63, 3.8) is 0 Å². The van der Waals surface area contributed by atoms with Crippen molar-refractivity contribution in [3.05, 3.63) is 61.5 Å². The molecule has 0 radical (unpaired) electrons. The molecule has 3 rings (SSSR count). The number of carbonyl (C=O) groups is 2. The van der Waals surface area contributed by atoms with Crippen LogP contribution in [0.25, 0.3) is 6.08 Å². The lowest BCUT2D eigenvalue weighted by molar-refractivity contribution is -0.128. The number of likely N-dealkylation sites (N-methyl/N-ethyl adjacent to an activating group) is 1. The number of ether oxygens (including phenoxy) is 2. The van der Waals surface area contributed by atoms with Crippen LogP contribution in [0.1, 0.15) is 18.1 Å². The van der Waals surface area contributed by atoms with Gasteiger partial charge in [0, 0.05) is 27.1 Å². The van der Waals surface area contributed by atoms with Crippen molar-refractivity contribution in [2.75, 3.05) is 13.7 Å². The highest BCUT2D eigenvalue weighted by molar-refractivity contribution is 9.10. The molecule has 0 spiro atoms. The Bertz CT molecular complexity index is 1110. The first kappa shape index (κ1) is 23.5. The maximum absolute atomic E-state index is 12.5. The van der Waals surface area contributed by atoms with Gasteiger partial charge in [-0.15, -0.1) is 0 Å². The van der Waals surface area contributed by atoms with Crippen LogP contribution in [0.3, 0.4) is 0 Å². The van der Waals surface area contributed by atoms with Gasteiger partial charge in [0.15, 0.2) is 16.6 Å². The summed E-state index contributed by atoms with van der Waals surface area (Å²) in [6, 6.07) is 8.56. The standard InChI is InChI=1S/C21H17BrCl2N2O4S/c1-3-29-17-7-12(6-14-19(27)25-21(31)26(2)20(14)28)15(22)9-18(17)30-10-11-4-5-13(23)8-16(11)24/h4-9H,3,10H2,1-2H3,(H,25,27,31)/b14-6+. The van der Waals surface area contributed by atoms with Crippen LogP contribution in [0, 0.1) is 0 Å². The van der Waals surface area contributed by atoms with Crippen molar-refractivity contribution >= 4 is 74.4 Å². The maximum atomic E-state index is 12.5. The molecule has 0 atom stereocenters. The van der Waals surface area contributed by atoms with Crippen LogP contribution in [0.15, 0.2) is 40.4 Å². The molecule has 2 aromatic carbocycles. The van der Waals surface area contributed by atoms with Crippen molar-refractivity contribution in [3.8, 4) is 11.5 Å². The van der Waals surface area contributed by atoms with Crippen molar-refractivity contribution in [2.24, 2.45) is 0 Å². The zero-order chi connectivity index (χ0) is 22.7. The van der Waals surface area contributed by atoms with Crippen LogP contribution < -0.4 is 14.8 Å². The van der Waals surface area contributed by atoms with Gasteiger partial charge in [-0.05, 0) is 55.0 Å². The fourth-order valence-electron chi connectivity index (χ4n) is 2.74. The van der Waals surface area contributed by atoms with Gasteiger partial charge in [0.25, 0.3) is 11.8 Å². The van der Waals surface area contributed by atoms with Crippen LogP contribution in [0.2, 0.25) is 10.0 Å². The summed E-state index contributed by atoms with van der Waals surface area (Å²) in [7, 11) is 1.50. The number of halogens is 3. The fourth-order valence-corrected chi connectivity index (χ4v) is 3.81. The fraction of sp³-hybridized carbons (Fsp3) is 0.190. The van der Waals surface area contributed by atoms with Crippen molar-refractivity contribution < 1.29 is 19.1 Å². The van der Waals surface area contributed by atoms with Crippen molar-refractivity contribution in [1.29, 1.82) is 0 Å². The van der Waals surface area contributed by atoms with E-state index in [0.717, 1.165) is 5.56 Å². The minimum Gasteiger partial charge on any atom is -0.490 e. The molecule has 1 N–H and O–H groups in total. The molecule has 10 heteroatoms. The van der Waals surface area contributed by atoms with Crippen LogP contribution >= 0.6 is 51.3 Å². The number of carbonyl (C=O) groups excluding carboxylic acids is 2. The van der Waals surface area contributed by atoms with Gasteiger partial charge in [-0.2, -0.15) is 0 Å². The summed E-state index contributed by atoms with van der Waals surface area (Å²) < 4.78 is 12.2. The van der Waals surface area contributed by atoms with E-state index in [4.69, 9.17) is 44.9 Å². The molecule has 0 unspecified atom stereocenters. The van der Waals surface area contributed by atoms with Crippen LogP contribution in [-0.2, 0) is 16.2 Å². The molecule has 1 aliphatic rings. The van der Waals surface area contributed by atoms with Crippen molar-refractivity contribution in [2.45, 2.75) is 13.5 Å². The lowest BCUT2D eigenvalue weighted by atomic mass is 10.1. The van der Waals surface area contributed by atoms with Gasteiger partial charge >= 0.3 is 0 Å². The largest absolute Gasteiger partial charge is 0.490 e. The SMILES string of the molecule is CCOc1cc(/C=C2\C(=O)NC(=S)N(C)C2=O)c(Br)cc1OCc1ccc(Cl)cc1Cl. The zero-order valence-corrected chi connectivity index (χ0v) is 20.4. The smallest absolute Gasteiger partial charge is 0.265 e. The van der Waals surface area contributed by atoms with Crippen molar-refractivity contribution in [1.82, 2.24) is 10.2 Å². The van der Waals surface area contributed by atoms with E-state index in [2.05, 4.69) is 21.2 Å². The molecule has 6 nitrogen and oxygen atoms in total. The van der Waals surface area contributed by atoms with E-state index in [-0.39, 0.29) is 17.3 Å². The molecule has 2 amide bonds. The number of benzene rings is 2. The number of nitrogens with one attached hydrogen (secondary N) is 1. The second-order valence-corrected chi connectivity index (χ2v) is 8.54. The van der Waals surface area contributed by atoms with Gasteiger partial charge in [-0.25, -0.2) is 0 Å². The van der Waals surface area contributed by atoms with Gasteiger partial charge in [0.2, 0.25) is 0 Å². The Morgan fingerprint density at radius 3 is 2.55 bits per heavy atom. The summed E-state index contributed by atoms with van der Waals surface area (Å²) >= 11 is 20.6. The zero-order valence-electron chi connectivity index (χ0n) is 16.5. The Balaban J connectivity index is 1.92. The molecule has 1 saturated heterocycles. The van der Waals surface area contributed by atoms with E-state index in [1.807, 2.05) is 6.92 Å². The first-order valence-corrected chi connectivity index (χ1v) is 11.0. The number of thiocarbonyl (C=S) groups is 1. The van der Waals surface area contributed by atoms with Crippen LogP contribution in [0.4, 0.5) is 0 Å². The predicted octanol–water partition coefficient (Wildman–Crippen LogP) is 4.99. The quantitative estimate of drug-likeness (QED) is 0.316. The van der Waals surface area contributed by atoms with Crippen LogP contribution in [0.5, 0.6) is 11.5 Å². The predicted molar refractivity (Wildman–Crippen MR) is 128 cm³/mol. The minimum absolute atomic E-state index is 0.0409. The average Bonchev–Trinajstić information content (AvgIpc) is 2.71. The van der Waals surface area contributed by atoms with E-state index in [9.17, 15) is 9.59 Å². The topological polar surface area (TPSA) is 67.9 Å². The molecule has 31 heavy (non-hydrogen) atoms. The molecule has 1 fully saturated rings. The summed E-state index contributed by atoms with van der Waals surface area (Å²) in [6.45, 7) is 2.44. The van der Waals surface area contributed by atoms with Gasteiger partial charge in [0.1, 0.15) is 12.2 Å². The molecule has 162 valence electrons. The molecule has 0 aromatic heterocycles. The second-order valence-electron chi connectivity index (χ2n) is 6.46. The third-order valence-corrected chi connectivity index (χ3v) is 6.02. The number of hydrogen-bond donors (Lipinski definition) is 1. The van der Waals surface area contributed by atoms with Gasteiger partial charge in [0.05, 0.1) is 6.61 Å². The third-order valence-electron chi connectivity index (χ3n) is 4.37. The summed E-state index contributed by atoms with van der Waals surface area (Å²) in [5, 5.41) is 3.58. The highest BCUT2D eigenvalue weighted by atomic mass is 79.9. The molecule has 1 heterocycles. The van der Waals surface area contributed by atoms with E-state index < -0.39 is 11.8 Å². The molecular weight excluding hydrogens is 527 g/mol. The summed E-state index contributed by atoms with van der Waals surface area (Å²) in [4.78, 5) is 25.9. The monoisotopic (exact) mass is 542 g/mol. The number of nitrogens with zero attached hydrogens (tertiary/aromatic N) is 1. The van der Waals surface area contributed by atoms with E-state index in [0.29, 0.717) is 38.2 Å². The Morgan fingerprint density at radius 2 is 1.87 bits per heavy atom. The van der Waals surface area contributed by atoms with Crippen LogP contribution in [-0.4, -0.2) is 35.5 Å². The van der Waals surface area contributed by atoms with E-state index in [1.54, 1.807) is 30.3 Å². The number of hydrogen-bond acceptors (Lipinski definition) is 5. The minimum atomic E-state index is -0.560. The Hall–Kier alpha value is -2.13. The second kappa shape index (κ2) is 9.99. The Morgan fingerprint density at radius 1 is 1.16 bits per heavy atom. The van der Waals surface area contributed by atoms with Gasteiger partial charge in [-0.3, -0.25) is 19.8 Å². The highest BCUT2D eigenvalue weighted by Gasteiger charge is 2.31.